The molecular weight excluding hydrogens is 506 g/mol. The number of aryl methyl sites for hydroxylation is 1. The van der Waals surface area contributed by atoms with Gasteiger partial charge < -0.3 is 20.7 Å². The molecule has 40 heavy (non-hydrogen) atoms. The molecule has 5 rings (SSSR count). The number of tetrazole rings is 1. The average Bonchev–Trinajstić information content (AvgIpc) is 3.44. The second-order valence-corrected chi connectivity index (χ2v) is 10.7. The number of benzene rings is 3. The lowest BCUT2D eigenvalue weighted by Crippen LogP contribution is -2.50. The first-order chi connectivity index (χ1) is 19.2. The number of amides is 2. The molecule has 1 atom stereocenters. The summed E-state index contributed by atoms with van der Waals surface area (Å²) in [5, 5.41) is 17.5. The standard InChI is InChI=1S/C30H33N7O3/c1-30(2,31)17-27(38)32-25-15-13-19-12-14-21(40-3)16-26(19)37(29(25)39)18-20-8-4-5-9-22(20)23-10-6-7-11-24(23)28-33-35-36-34-28/h4-12,14,16,25H,13,15,17-18,31H2,1-3H3,(H,32,38)(H,33,34,35,36). The number of nitrogens with one attached hydrogen (secondary N) is 2. The van der Waals surface area contributed by atoms with Crippen LogP contribution in [0, 0.1) is 0 Å². The van der Waals surface area contributed by atoms with Crippen molar-refractivity contribution in [3.8, 4) is 28.3 Å². The number of aromatic nitrogens is 4. The van der Waals surface area contributed by atoms with Gasteiger partial charge in [0.05, 0.1) is 19.3 Å². The molecule has 1 aliphatic rings. The Morgan fingerprint density at radius 3 is 2.52 bits per heavy atom. The maximum atomic E-state index is 14.1. The molecule has 0 aliphatic carbocycles. The number of fused-ring (bicyclic) bond motifs is 1. The number of hydrogen-bond acceptors (Lipinski definition) is 7. The summed E-state index contributed by atoms with van der Waals surface area (Å²) in [6.45, 7) is 3.86. The van der Waals surface area contributed by atoms with Crippen molar-refractivity contribution in [2.75, 3.05) is 12.0 Å². The zero-order valence-electron chi connectivity index (χ0n) is 22.8. The number of carbonyl (C=O) groups is 2. The van der Waals surface area contributed by atoms with E-state index in [2.05, 4.69) is 25.9 Å². The summed E-state index contributed by atoms with van der Waals surface area (Å²) in [6.07, 6.45) is 1.22. The normalized spacial score (nSPS) is 15.3. The van der Waals surface area contributed by atoms with E-state index in [1.165, 1.54) is 0 Å². The molecule has 206 valence electrons. The fourth-order valence-electron chi connectivity index (χ4n) is 5.10. The lowest BCUT2D eigenvalue weighted by Gasteiger charge is -2.28. The Labute approximate surface area is 232 Å². The van der Waals surface area contributed by atoms with Crippen molar-refractivity contribution in [3.05, 3.63) is 77.9 Å². The third-order valence-electron chi connectivity index (χ3n) is 6.95. The SMILES string of the molecule is COc1ccc2c(c1)N(Cc1ccccc1-c1ccccc1-c1nn[nH]n1)C(=O)C(NC(=O)CC(C)(C)N)CC2. The predicted molar refractivity (Wildman–Crippen MR) is 152 cm³/mol. The molecule has 0 radical (unpaired) electrons. The van der Waals surface area contributed by atoms with Gasteiger partial charge in [-0.25, -0.2) is 0 Å². The van der Waals surface area contributed by atoms with Crippen molar-refractivity contribution in [1.82, 2.24) is 25.9 Å². The van der Waals surface area contributed by atoms with E-state index in [4.69, 9.17) is 10.5 Å². The molecule has 2 heterocycles. The van der Waals surface area contributed by atoms with Crippen LogP contribution < -0.4 is 20.7 Å². The molecule has 0 saturated heterocycles. The number of nitrogens with zero attached hydrogens (tertiary/aromatic N) is 4. The van der Waals surface area contributed by atoms with Crippen LogP contribution in [-0.2, 0) is 22.6 Å². The molecule has 0 spiro atoms. The van der Waals surface area contributed by atoms with Crippen molar-refractivity contribution >= 4 is 17.5 Å². The lowest BCUT2D eigenvalue weighted by molar-refractivity contribution is -0.128. The summed E-state index contributed by atoms with van der Waals surface area (Å²) in [6, 6.07) is 20.8. The van der Waals surface area contributed by atoms with E-state index >= 15 is 0 Å². The summed E-state index contributed by atoms with van der Waals surface area (Å²) in [4.78, 5) is 28.7. The molecule has 0 saturated carbocycles. The molecule has 10 heteroatoms. The minimum Gasteiger partial charge on any atom is -0.497 e. The number of anilines is 1. The van der Waals surface area contributed by atoms with Crippen LogP contribution in [0.15, 0.2) is 66.7 Å². The number of carbonyl (C=O) groups excluding carboxylic acids is 2. The van der Waals surface area contributed by atoms with Crippen LogP contribution in [0.4, 0.5) is 5.69 Å². The first kappa shape index (κ1) is 27.0. The van der Waals surface area contributed by atoms with Gasteiger partial charge in [0.15, 0.2) is 0 Å². The first-order valence-electron chi connectivity index (χ1n) is 13.2. The first-order valence-corrected chi connectivity index (χ1v) is 13.2. The number of ether oxygens (including phenoxy) is 1. The minimum absolute atomic E-state index is 0.118. The van der Waals surface area contributed by atoms with Crippen LogP contribution in [0.2, 0.25) is 0 Å². The molecule has 4 N–H and O–H groups in total. The van der Waals surface area contributed by atoms with Crippen molar-refractivity contribution in [3.63, 3.8) is 0 Å². The summed E-state index contributed by atoms with van der Waals surface area (Å²) in [5.41, 5.74) is 10.8. The molecule has 0 fully saturated rings. The van der Waals surface area contributed by atoms with E-state index < -0.39 is 11.6 Å². The number of H-pyrrole nitrogens is 1. The number of hydrogen-bond donors (Lipinski definition) is 3. The quantitative estimate of drug-likeness (QED) is 0.311. The van der Waals surface area contributed by atoms with E-state index in [1.54, 1.807) is 25.9 Å². The second-order valence-electron chi connectivity index (χ2n) is 10.7. The van der Waals surface area contributed by atoms with Gasteiger partial charge in [-0.2, -0.15) is 5.21 Å². The fraction of sp³-hybridized carbons (Fsp3) is 0.300. The Balaban J connectivity index is 1.55. The van der Waals surface area contributed by atoms with Gasteiger partial charge in [0, 0.05) is 23.6 Å². The third-order valence-corrected chi connectivity index (χ3v) is 6.95. The molecule has 0 bridgehead atoms. The van der Waals surface area contributed by atoms with Gasteiger partial charge in [-0.1, -0.05) is 54.6 Å². The predicted octanol–water partition coefficient (Wildman–Crippen LogP) is 3.63. The topological polar surface area (TPSA) is 139 Å². The lowest BCUT2D eigenvalue weighted by atomic mass is 9.94. The highest BCUT2D eigenvalue weighted by molar-refractivity contribution is 6.01. The van der Waals surface area contributed by atoms with Gasteiger partial charge in [0.25, 0.3) is 0 Å². The van der Waals surface area contributed by atoms with Gasteiger partial charge >= 0.3 is 0 Å². The Bertz CT molecular complexity index is 1510. The van der Waals surface area contributed by atoms with Crippen LogP contribution in [0.1, 0.15) is 37.8 Å². The maximum Gasteiger partial charge on any atom is 0.249 e. The van der Waals surface area contributed by atoms with Crippen LogP contribution in [0.3, 0.4) is 0 Å². The van der Waals surface area contributed by atoms with E-state index in [1.807, 2.05) is 66.7 Å². The maximum absolute atomic E-state index is 14.1. The van der Waals surface area contributed by atoms with Crippen LogP contribution in [-0.4, -0.2) is 51.1 Å². The number of nitrogens with two attached hydrogens (primary N) is 1. The van der Waals surface area contributed by atoms with Crippen LogP contribution in [0.5, 0.6) is 5.75 Å². The zero-order valence-corrected chi connectivity index (χ0v) is 22.8. The van der Waals surface area contributed by atoms with Crippen LogP contribution >= 0.6 is 0 Å². The molecule has 1 aliphatic heterocycles. The fourth-order valence-corrected chi connectivity index (χ4v) is 5.10. The van der Waals surface area contributed by atoms with Crippen molar-refractivity contribution < 1.29 is 14.3 Å². The van der Waals surface area contributed by atoms with E-state index in [0.717, 1.165) is 33.5 Å². The highest BCUT2D eigenvalue weighted by Gasteiger charge is 2.33. The largest absolute Gasteiger partial charge is 0.497 e. The van der Waals surface area contributed by atoms with Gasteiger partial charge in [-0.3, -0.25) is 9.59 Å². The van der Waals surface area contributed by atoms with Crippen molar-refractivity contribution in [2.45, 2.75) is 51.2 Å². The van der Waals surface area contributed by atoms with Gasteiger partial charge in [0.1, 0.15) is 11.8 Å². The molecule has 4 aromatic rings. The summed E-state index contributed by atoms with van der Waals surface area (Å²) < 4.78 is 5.51. The summed E-state index contributed by atoms with van der Waals surface area (Å²) in [7, 11) is 1.60. The van der Waals surface area contributed by atoms with Gasteiger partial charge in [-0.05, 0) is 60.2 Å². The average molecular weight is 540 g/mol. The third kappa shape index (κ3) is 5.86. The minimum atomic E-state index is -0.688. The second kappa shape index (κ2) is 11.3. The molecule has 2 amide bonds. The smallest absolute Gasteiger partial charge is 0.249 e. The van der Waals surface area contributed by atoms with Gasteiger partial charge in [-0.15, -0.1) is 10.2 Å². The Morgan fingerprint density at radius 2 is 1.82 bits per heavy atom. The Kier molecular flexibility index (Phi) is 7.61. The Morgan fingerprint density at radius 1 is 1.10 bits per heavy atom. The molecule has 3 aromatic carbocycles. The molecular formula is C30H33N7O3. The summed E-state index contributed by atoms with van der Waals surface area (Å²) >= 11 is 0. The zero-order chi connectivity index (χ0) is 28.3. The highest BCUT2D eigenvalue weighted by Crippen LogP contribution is 2.36. The van der Waals surface area contributed by atoms with E-state index in [9.17, 15) is 9.59 Å². The number of rotatable bonds is 8. The van der Waals surface area contributed by atoms with E-state index in [0.29, 0.717) is 24.4 Å². The van der Waals surface area contributed by atoms with E-state index in [-0.39, 0.29) is 24.8 Å². The molecule has 10 nitrogen and oxygen atoms in total. The Hall–Kier alpha value is -4.57. The highest BCUT2D eigenvalue weighted by atomic mass is 16.5. The summed E-state index contributed by atoms with van der Waals surface area (Å²) in [5.74, 6) is 0.705. The molecule has 1 unspecified atom stereocenters. The molecule has 1 aromatic heterocycles. The van der Waals surface area contributed by atoms with Gasteiger partial charge in [0.2, 0.25) is 17.6 Å². The number of methoxy groups -OCH3 is 1. The monoisotopic (exact) mass is 539 g/mol. The van der Waals surface area contributed by atoms with Crippen LogP contribution in [0.25, 0.3) is 22.5 Å². The van der Waals surface area contributed by atoms with Crippen molar-refractivity contribution in [1.29, 1.82) is 0 Å². The number of aromatic amines is 1. The van der Waals surface area contributed by atoms with Crippen molar-refractivity contribution in [2.24, 2.45) is 5.73 Å².